The van der Waals surface area contributed by atoms with E-state index in [1.165, 1.54) is 0 Å². The molecule has 18 heavy (non-hydrogen) atoms. The summed E-state index contributed by atoms with van der Waals surface area (Å²) in [7, 11) is 0. The lowest BCUT2D eigenvalue weighted by Crippen LogP contribution is -2.56. The minimum atomic E-state index is -1.03. The van der Waals surface area contributed by atoms with Crippen molar-refractivity contribution in [2.24, 2.45) is 5.41 Å². The Labute approximate surface area is 114 Å². The Morgan fingerprint density at radius 1 is 1.33 bits per heavy atom. The van der Waals surface area contributed by atoms with Gasteiger partial charge in [-0.1, -0.05) is 0 Å². The third-order valence-corrected chi connectivity index (χ3v) is 5.73. The van der Waals surface area contributed by atoms with Gasteiger partial charge in [0.15, 0.2) is 0 Å². The highest BCUT2D eigenvalue weighted by Gasteiger charge is 2.51. The number of hydrogen-bond donors (Lipinski definition) is 2. The van der Waals surface area contributed by atoms with Crippen molar-refractivity contribution in [1.82, 2.24) is 10.0 Å². The molecular formula is C13H26N2O2S. The van der Waals surface area contributed by atoms with Crippen LogP contribution in [0.1, 0.15) is 40.5 Å². The van der Waals surface area contributed by atoms with Gasteiger partial charge in [0.2, 0.25) is 0 Å². The second-order valence-electron chi connectivity index (χ2n) is 6.61. The smallest absolute Gasteiger partial charge is 0.136 e. The molecule has 0 aromatic heterocycles. The van der Waals surface area contributed by atoms with Crippen LogP contribution < -0.4 is 10.0 Å². The van der Waals surface area contributed by atoms with Crippen LogP contribution in [0.25, 0.3) is 0 Å². The van der Waals surface area contributed by atoms with Crippen molar-refractivity contribution in [3.8, 4) is 0 Å². The summed E-state index contributed by atoms with van der Waals surface area (Å²) in [5, 5.41) is 3.40. The van der Waals surface area contributed by atoms with Gasteiger partial charge in [0.05, 0.1) is 18.8 Å². The van der Waals surface area contributed by atoms with Crippen LogP contribution in [0.4, 0.5) is 0 Å². The van der Waals surface area contributed by atoms with Crippen molar-refractivity contribution in [1.29, 1.82) is 0 Å². The normalized spacial score (nSPS) is 33.8. The molecule has 2 fully saturated rings. The second kappa shape index (κ2) is 5.29. The molecule has 1 spiro atoms. The molecule has 0 radical (unpaired) electrons. The maximum absolute atomic E-state index is 12.3. The van der Waals surface area contributed by atoms with E-state index >= 15 is 0 Å². The average molecular weight is 274 g/mol. The lowest BCUT2D eigenvalue weighted by Gasteiger charge is -2.39. The summed E-state index contributed by atoms with van der Waals surface area (Å²) in [6.45, 7) is 11.0. The third kappa shape index (κ3) is 2.85. The minimum absolute atomic E-state index is 0.148. The molecule has 2 saturated heterocycles. The van der Waals surface area contributed by atoms with Gasteiger partial charge >= 0.3 is 0 Å². The van der Waals surface area contributed by atoms with Gasteiger partial charge in [0, 0.05) is 16.8 Å². The van der Waals surface area contributed by atoms with Gasteiger partial charge in [0.25, 0.3) is 0 Å². The molecule has 0 amide bonds. The topological polar surface area (TPSA) is 56.3 Å². The van der Waals surface area contributed by atoms with Gasteiger partial charge in [-0.25, -0.2) is 0 Å². The quantitative estimate of drug-likeness (QED) is 0.743. The van der Waals surface area contributed by atoms with Gasteiger partial charge in [0.1, 0.15) is 4.75 Å². The third-order valence-electron chi connectivity index (χ3n) is 4.15. The van der Waals surface area contributed by atoms with E-state index in [1.807, 2.05) is 20.8 Å². The number of ether oxygens (including phenoxy) is 1. The number of piperidine rings is 1. The van der Waals surface area contributed by atoms with E-state index in [4.69, 9.17) is 4.74 Å². The Bertz CT molecular complexity index is 282. The van der Waals surface area contributed by atoms with E-state index in [0.29, 0.717) is 0 Å². The van der Waals surface area contributed by atoms with Crippen molar-refractivity contribution in [2.75, 3.05) is 19.7 Å². The van der Waals surface area contributed by atoms with E-state index < -0.39 is 11.4 Å². The zero-order chi connectivity index (χ0) is 13.4. The fourth-order valence-corrected chi connectivity index (χ4v) is 3.90. The number of rotatable bonds is 2. The summed E-state index contributed by atoms with van der Waals surface area (Å²) in [6.07, 6.45) is 2.36. The zero-order valence-electron chi connectivity index (χ0n) is 11.9. The summed E-state index contributed by atoms with van der Waals surface area (Å²) < 4.78 is 21.3. The maximum Gasteiger partial charge on any atom is 0.136 e. The molecule has 2 aliphatic rings. The molecule has 2 heterocycles. The molecule has 2 rings (SSSR count). The molecule has 106 valence electrons. The summed E-state index contributed by atoms with van der Waals surface area (Å²) in [5.74, 6) is 0. The van der Waals surface area contributed by atoms with Crippen LogP contribution >= 0.6 is 0 Å². The summed E-state index contributed by atoms with van der Waals surface area (Å²) in [4.78, 5) is 0. The molecule has 1 unspecified atom stereocenters. The Kier molecular flexibility index (Phi) is 4.29. The average Bonchev–Trinajstić information content (AvgIpc) is 2.58. The van der Waals surface area contributed by atoms with Crippen LogP contribution in [0.2, 0.25) is 0 Å². The van der Waals surface area contributed by atoms with E-state index in [-0.39, 0.29) is 22.3 Å². The first-order chi connectivity index (χ1) is 8.35. The van der Waals surface area contributed by atoms with Gasteiger partial charge in [-0.3, -0.25) is 0 Å². The summed E-state index contributed by atoms with van der Waals surface area (Å²) in [5.41, 5.74) is 0.172. The Hall–Kier alpha value is 0.190. The Morgan fingerprint density at radius 3 is 2.50 bits per heavy atom. The van der Waals surface area contributed by atoms with Gasteiger partial charge in [-0.05, 0) is 53.6 Å². The second-order valence-corrected chi connectivity index (χ2v) is 8.60. The molecule has 2 N–H and O–H groups in total. The summed E-state index contributed by atoms with van der Waals surface area (Å²) >= 11 is -1.03. The van der Waals surface area contributed by atoms with Crippen molar-refractivity contribution < 1.29 is 9.29 Å². The Morgan fingerprint density at radius 2 is 1.94 bits per heavy atom. The van der Waals surface area contributed by atoms with Crippen molar-refractivity contribution in [2.45, 2.75) is 57.4 Å². The molecule has 0 bridgehead atoms. The first-order valence-electron chi connectivity index (χ1n) is 6.86. The predicted molar refractivity (Wildman–Crippen MR) is 74.8 cm³/mol. The fraction of sp³-hybridized carbons (Fsp3) is 1.00. The lowest BCUT2D eigenvalue weighted by atomic mass is 9.74. The van der Waals surface area contributed by atoms with E-state index in [9.17, 15) is 4.55 Å². The van der Waals surface area contributed by atoms with Crippen LogP contribution in [0.5, 0.6) is 0 Å². The fourth-order valence-electron chi connectivity index (χ4n) is 2.87. The first-order valence-corrected chi connectivity index (χ1v) is 8.00. The molecule has 0 saturated carbocycles. The van der Waals surface area contributed by atoms with Crippen LogP contribution in [0, 0.1) is 5.41 Å². The Balaban J connectivity index is 2.08. The number of hydrogen-bond acceptors (Lipinski definition) is 4. The van der Waals surface area contributed by atoms with E-state index in [1.54, 1.807) is 0 Å². The molecule has 0 aliphatic carbocycles. The van der Waals surface area contributed by atoms with Crippen LogP contribution in [0.3, 0.4) is 0 Å². The lowest BCUT2D eigenvalue weighted by molar-refractivity contribution is 0.0951. The molecule has 2 aliphatic heterocycles. The van der Waals surface area contributed by atoms with Crippen molar-refractivity contribution in [3.05, 3.63) is 0 Å². The van der Waals surface area contributed by atoms with E-state index in [2.05, 4.69) is 17.0 Å². The molecule has 0 aromatic rings. The SMILES string of the molecule is C[C@H]1OCC2(CCNCC2)[C@@H]1N[S+]([O-])C(C)(C)C. The summed E-state index contributed by atoms with van der Waals surface area (Å²) in [6, 6.07) is 0.208. The maximum atomic E-state index is 12.3. The van der Waals surface area contributed by atoms with Crippen LogP contribution in [-0.2, 0) is 16.1 Å². The van der Waals surface area contributed by atoms with Crippen LogP contribution in [0.15, 0.2) is 0 Å². The zero-order valence-corrected chi connectivity index (χ0v) is 12.7. The predicted octanol–water partition coefficient (Wildman–Crippen LogP) is 1.20. The monoisotopic (exact) mass is 274 g/mol. The van der Waals surface area contributed by atoms with E-state index in [0.717, 1.165) is 32.5 Å². The van der Waals surface area contributed by atoms with Crippen molar-refractivity contribution >= 4 is 11.4 Å². The highest BCUT2D eigenvalue weighted by atomic mass is 32.2. The molecular weight excluding hydrogens is 248 g/mol. The minimum Gasteiger partial charge on any atom is -0.598 e. The van der Waals surface area contributed by atoms with Gasteiger partial charge < -0.3 is 14.6 Å². The molecule has 3 atom stereocenters. The van der Waals surface area contributed by atoms with Crippen molar-refractivity contribution in [3.63, 3.8) is 0 Å². The highest BCUT2D eigenvalue weighted by Crippen LogP contribution is 2.41. The standard InChI is InChI=1S/C13H26N2O2S/c1-10-11(15-18(16)12(2,3)4)13(9-17-10)5-7-14-8-6-13/h10-11,14-15H,5-9H2,1-4H3/t10-,11-,18?/m1/s1. The van der Waals surface area contributed by atoms with Gasteiger partial charge in [-0.15, -0.1) is 4.72 Å². The molecule has 4 nitrogen and oxygen atoms in total. The first kappa shape index (κ1) is 14.6. The van der Waals surface area contributed by atoms with Crippen LogP contribution in [-0.4, -0.2) is 41.1 Å². The number of nitrogens with one attached hydrogen (secondary N) is 2. The molecule has 5 heteroatoms. The highest BCUT2D eigenvalue weighted by molar-refractivity contribution is 7.90. The van der Waals surface area contributed by atoms with Gasteiger partial charge in [-0.2, -0.15) is 0 Å². The largest absolute Gasteiger partial charge is 0.598 e. The molecule has 0 aromatic carbocycles.